The Morgan fingerprint density at radius 2 is 1.36 bits per heavy atom. The van der Waals surface area contributed by atoms with Crippen LogP contribution >= 0.6 is 0 Å². The van der Waals surface area contributed by atoms with Crippen LogP contribution in [-0.4, -0.2) is 50.2 Å². The van der Waals surface area contributed by atoms with Crippen molar-refractivity contribution in [3.8, 4) is 0 Å². The molecule has 0 saturated heterocycles. The van der Waals surface area contributed by atoms with Crippen molar-refractivity contribution in [2.24, 2.45) is 0 Å². The monoisotopic (exact) mass is 484 g/mol. The van der Waals surface area contributed by atoms with E-state index in [1.165, 1.54) is 22.0 Å². The van der Waals surface area contributed by atoms with Gasteiger partial charge in [0.2, 0.25) is 5.95 Å². The predicted octanol–water partition coefficient (Wildman–Crippen LogP) is 6.06. The molecule has 0 radical (unpaired) electrons. The lowest BCUT2D eigenvalue weighted by Crippen LogP contribution is -2.37. The molecule has 1 aromatic heterocycles. The van der Waals surface area contributed by atoms with Gasteiger partial charge in [0.25, 0.3) is 0 Å². The first-order chi connectivity index (χ1) is 17.0. The van der Waals surface area contributed by atoms with Crippen LogP contribution in [0.25, 0.3) is 21.7 Å². The molecule has 1 fully saturated rings. The van der Waals surface area contributed by atoms with Crippen LogP contribution in [0.15, 0.2) is 60.7 Å². The van der Waals surface area contributed by atoms with Crippen molar-refractivity contribution in [2.75, 3.05) is 43.3 Å². The van der Waals surface area contributed by atoms with Gasteiger partial charge in [-0.3, -0.25) is 0 Å². The molecule has 2 N–H and O–H groups in total. The molecule has 0 spiro atoms. The largest absolute Gasteiger partial charge is 0.377 e. The Morgan fingerprint density at radius 3 is 2.06 bits per heavy atom. The molecule has 5 rings (SSSR count). The number of nitrogens with one attached hydrogen (secondary N) is 2. The van der Waals surface area contributed by atoms with Crippen LogP contribution in [0.3, 0.4) is 0 Å². The summed E-state index contributed by atoms with van der Waals surface area (Å²) >= 11 is 0. The number of benzene rings is 3. The van der Waals surface area contributed by atoms with Gasteiger partial charge in [-0.2, -0.15) is 4.98 Å². The van der Waals surface area contributed by atoms with E-state index in [1.807, 2.05) is 26.2 Å². The number of para-hydroxylation sites is 1. The molecule has 0 amide bonds. The van der Waals surface area contributed by atoms with E-state index < -0.39 is 0 Å². The standard InChI is InChI=1S/C29H36N6.CH4/c1-34(2)27-18-13-20(23-9-5-6-10-24(23)27)19-30-21-14-16-22(17-15-21)31-29-32-26-12-8-7-11-25(26)28(33-29)35(3)4;/h5-13,18,21-22,30H,14-17,19H2,1-4H3,(H,31,32,33);1H4. The molecule has 1 aliphatic carbocycles. The number of anilines is 3. The number of hydrogen-bond acceptors (Lipinski definition) is 6. The zero-order valence-electron chi connectivity index (χ0n) is 21.3. The molecule has 6 nitrogen and oxygen atoms in total. The van der Waals surface area contributed by atoms with Gasteiger partial charge in [0.1, 0.15) is 5.82 Å². The first-order valence-electron chi connectivity index (χ1n) is 12.6. The van der Waals surface area contributed by atoms with E-state index in [4.69, 9.17) is 9.97 Å². The van der Waals surface area contributed by atoms with Gasteiger partial charge in [-0.05, 0) is 54.8 Å². The number of rotatable bonds is 7. The number of nitrogens with zero attached hydrogens (tertiary/aromatic N) is 4. The molecule has 190 valence electrons. The minimum atomic E-state index is 0. The van der Waals surface area contributed by atoms with Gasteiger partial charge >= 0.3 is 0 Å². The van der Waals surface area contributed by atoms with Gasteiger partial charge < -0.3 is 20.4 Å². The first-order valence-corrected chi connectivity index (χ1v) is 12.6. The highest BCUT2D eigenvalue weighted by Gasteiger charge is 2.22. The number of hydrogen-bond donors (Lipinski definition) is 2. The van der Waals surface area contributed by atoms with Gasteiger partial charge in [-0.15, -0.1) is 0 Å². The van der Waals surface area contributed by atoms with Gasteiger partial charge in [0, 0.05) is 63.3 Å². The highest BCUT2D eigenvalue weighted by Crippen LogP contribution is 2.30. The van der Waals surface area contributed by atoms with E-state index in [0.717, 1.165) is 54.9 Å². The maximum atomic E-state index is 4.82. The molecule has 1 heterocycles. The fourth-order valence-corrected chi connectivity index (χ4v) is 5.23. The van der Waals surface area contributed by atoms with E-state index in [0.29, 0.717) is 12.1 Å². The van der Waals surface area contributed by atoms with Crippen molar-refractivity contribution in [1.82, 2.24) is 15.3 Å². The summed E-state index contributed by atoms with van der Waals surface area (Å²) in [5.41, 5.74) is 3.62. The summed E-state index contributed by atoms with van der Waals surface area (Å²) < 4.78 is 0. The van der Waals surface area contributed by atoms with E-state index in [9.17, 15) is 0 Å². The van der Waals surface area contributed by atoms with Crippen LogP contribution in [0, 0.1) is 0 Å². The molecular weight excluding hydrogens is 444 g/mol. The molecule has 6 heteroatoms. The van der Waals surface area contributed by atoms with Crippen molar-refractivity contribution in [3.63, 3.8) is 0 Å². The zero-order chi connectivity index (χ0) is 24.4. The second kappa shape index (κ2) is 11.1. The number of aromatic nitrogens is 2. The zero-order valence-corrected chi connectivity index (χ0v) is 21.3. The Labute approximate surface area is 215 Å². The Balaban J connectivity index is 0.00000304. The van der Waals surface area contributed by atoms with Crippen LogP contribution in [0.1, 0.15) is 38.7 Å². The third kappa shape index (κ3) is 5.39. The van der Waals surface area contributed by atoms with Crippen LogP contribution in [0.2, 0.25) is 0 Å². The fourth-order valence-electron chi connectivity index (χ4n) is 5.23. The van der Waals surface area contributed by atoms with Crippen LogP contribution in [0.5, 0.6) is 0 Å². The van der Waals surface area contributed by atoms with Gasteiger partial charge in [-0.25, -0.2) is 4.98 Å². The van der Waals surface area contributed by atoms with Crippen molar-refractivity contribution in [1.29, 1.82) is 0 Å². The summed E-state index contributed by atoms with van der Waals surface area (Å²) in [6.07, 6.45) is 4.54. The van der Waals surface area contributed by atoms with E-state index in [-0.39, 0.29) is 7.43 Å². The summed E-state index contributed by atoms with van der Waals surface area (Å²) in [6, 6.07) is 22.4. The topological polar surface area (TPSA) is 56.3 Å². The highest BCUT2D eigenvalue weighted by molar-refractivity contribution is 5.96. The normalized spacial score (nSPS) is 17.6. The van der Waals surface area contributed by atoms with E-state index in [1.54, 1.807) is 0 Å². The Kier molecular flexibility index (Phi) is 7.94. The minimum Gasteiger partial charge on any atom is -0.377 e. The highest BCUT2D eigenvalue weighted by atomic mass is 15.2. The average Bonchev–Trinajstić information content (AvgIpc) is 2.87. The van der Waals surface area contributed by atoms with Crippen molar-refractivity contribution in [3.05, 3.63) is 66.2 Å². The van der Waals surface area contributed by atoms with E-state index in [2.05, 4.69) is 83.1 Å². The summed E-state index contributed by atoms with van der Waals surface area (Å²) in [5.74, 6) is 1.69. The summed E-state index contributed by atoms with van der Waals surface area (Å²) in [6.45, 7) is 0.900. The van der Waals surface area contributed by atoms with E-state index >= 15 is 0 Å². The smallest absolute Gasteiger partial charge is 0.225 e. The molecule has 0 bridgehead atoms. The molecule has 1 saturated carbocycles. The molecule has 36 heavy (non-hydrogen) atoms. The maximum Gasteiger partial charge on any atom is 0.225 e. The molecule has 0 atom stereocenters. The molecule has 0 aliphatic heterocycles. The Morgan fingerprint density at radius 1 is 0.722 bits per heavy atom. The lowest BCUT2D eigenvalue weighted by Gasteiger charge is -2.30. The fraction of sp³-hybridized carbons (Fsp3) is 0.400. The summed E-state index contributed by atoms with van der Waals surface area (Å²) in [5, 5.41) is 11.2. The second-order valence-corrected chi connectivity index (χ2v) is 10.0. The molecule has 0 unspecified atom stereocenters. The molecule has 3 aromatic carbocycles. The summed E-state index contributed by atoms with van der Waals surface area (Å²) in [4.78, 5) is 13.9. The van der Waals surface area contributed by atoms with Crippen LogP contribution < -0.4 is 20.4 Å². The SMILES string of the molecule is C.CN(C)c1nc(NC2CCC(NCc3ccc(N(C)C)c4ccccc34)CC2)nc2ccccc12. The molecule has 1 aliphatic rings. The van der Waals surface area contributed by atoms with Gasteiger partial charge in [0.05, 0.1) is 5.52 Å². The quantitative estimate of drug-likeness (QED) is 0.332. The average molecular weight is 485 g/mol. The first kappa shape index (κ1) is 25.7. The van der Waals surface area contributed by atoms with Crippen LogP contribution in [-0.2, 0) is 6.54 Å². The van der Waals surface area contributed by atoms with Crippen molar-refractivity contribution in [2.45, 2.75) is 51.7 Å². The Bertz CT molecular complexity index is 1310. The molecular formula is C30H40N6. The molecule has 4 aromatic rings. The third-order valence-corrected chi connectivity index (χ3v) is 7.12. The van der Waals surface area contributed by atoms with Crippen molar-refractivity contribution < 1.29 is 0 Å². The van der Waals surface area contributed by atoms with Crippen LogP contribution in [0.4, 0.5) is 17.5 Å². The van der Waals surface area contributed by atoms with Gasteiger partial charge in [0.15, 0.2) is 0 Å². The minimum absolute atomic E-state index is 0. The van der Waals surface area contributed by atoms with Gasteiger partial charge in [-0.1, -0.05) is 49.9 Å². The lowest BCUT2D eigenvalue weighted by molar-refractivity contribution is 0.352. The third-order valence-electron chi connectivity index (χ3n) is 7.12. The number of fused-ring (bicyclic) bond motifs is 2. The maximum absolute atomic E-state index is 4.82. The summed E-state index contributed by atoms with van der Waals surface area (Å²) in [7, 11) is 8.28. The Hall–Kier alpha value is -3.38. The predicted molar refractivity (Wildman–Crippen MR) is 155 cm³/mol. The lowest BCUT2D eigenvalue weighted by atomic mass is 9.91. The van der Waals surface area contributed by atoms with Crippen molar-refractivity contribution >= 4 is 39.1 Å². The second-order valence-electron chi connectivity index (χ2n) is 10.0.